The SMILES string of the molecule is COCCCNC(=O)c1ccc(NCC(=O)N2CCCCCC2)cc1. The fourth-order valence-corrected chi connectivity index (χ4v) is 2.87. The van der Waals surface area contributed by atoms with E-state index in [4.69, 9.17) is 4.74 Å². The van der Waals surface area contributed by atoms with Crippen LogP contribution in [0.1, 0.15) is 42.5 Å². The Bertz CT molecular complexity index is 537. The number of carbonyl (C=O) groups is 2. The number of rotatable bonds is 8. The molecule has 0 aromatic heterocycles. The zero-order valence-corrected chi connectivity index (χ0v) is 15.1. The van der Waals surface area contributed by atoms with Crippen molar-refractivity contribution >= 4 is 17.5 Å². The largest absolute Gasteiger partial charge is 0.385 e. The van der Waals surface area contributed by atoms with Crippen molar-refractivity contribution < 1.29 is 14.3 Å². The topological polar surface area (TPSA) is 70.7 Å². The second kappa shape index (κ2) is 10.7. The first-order valence-corrected chi connectivity index (χ1v) is 9.09. The Balaban J connectivity index is 1.75. The summed E-state index contributed by atoms with van der Waals surface area (Å²) in [4.78, 5) is 26.2. The van der Waals surface area contributed by atoms with Crippen LogP contribution in [0.25, 0.3) is 0 Å². The van der Waals surface area contributed by atoms with E-state index in [9.17, 15) is 9.59 Å². The maximum Gasteiger partial charge on any atom is 0.251 e. The van der Waals surface area contributed by atoms with E-state index >= 15 is 0 Å². The minimum absolute atomic E-state index is 0.0942. The van der Waals surface area contributed by atoms with Gasteiger partial charge in [-0.15, -0.1) is 0 Å². The zero-order valence-electron chi connectivity index (χ0n) is 15.1. The Morgan fingerprint density at radius 1 is 1.08 bits per heavy atom. The van der Waals surface area contributed by atoms with Crippen LogP contribution in [0.5, 0.6) is 0 Å². The lowest BCUT2D eigenvalue weighted by Gasteiger charge is -2.20. The summed E-state index contributed by atoms with van der Waals surface area (Å²) in [6, 6.07) is 7.20. The molecule has 138 valence electrons. The lowest BCUT2D eigenvalue weighted by atomic mass is 10.2. The third-order valence-electron chi connectivity index (χ3n) is 4.36. The summed E-state index contributed by atoms with van der Waals surface area (Å²) in [6.45, 7) is 3.25. The first-order valence-electron chi connectivity index (χ1n) is 9.09. The van der Waals surface area contributed by atoms with Gasteiger partial charge in [-0.05, 0) is 43.5 Å². The molecule has 1 saturated heterocycles. The van der Waals surface area contributed by atoms with E-state index in [0.717, 1.165) is 38.0 Å². The van der Waals surface area contributed by atoms with Gasteiger partial charge in [0.15, 0.2) is 0 Å². The summed E-state index contributed by atoms with van der Waals surface area (Å²) in [5.74, 6) is 0.0464. The summed E-state index contributed by atoms with van der Waals surface area (Å²) in [5.41, 5.74) is 1.46. The molecule has 25 heavy (non-hydrogen) atoms. The minimum atomic E-state index is -0.0942. The number of benzene rings is 1. The van der Waals surface area contributed by atoms with Gasteiger partial charge in [-0.3, -0.25) is 9.59 Å². The van der Waals surface area contributed by atoms with Gasteiger partial charge in [-0.2, -0.15) is 0 Å². The molecule has 6 nitrogen and oxygen atoms in total. The van der Waals surface area contributed by atoms with Crippen LogP contribution in [0.4, 0.5) is 5.69 Å². The van der Waals surface area contributed by atoms with Gasteiger partial charge in [-0.25, -0.2) is 0 Å². The third-order valence-corrected chi connectivity index (χ3v) is 4.36. The fourth-order valence-electron chi connectivity index (χ4n) is 2.87. The van der Waals surface area contributed by atoms with Crippen LogP contribution in [0.2, 0.25) is 0 Å². The first-order chi connectivity index (χ1) is 12.2. The Labute approximate surface area is 149 Å². The number of hydrogen-bond acceptors (Lipinski definition) is 4. The molecule has 1 fully saturated rings. The molecule has 1 heterocycles. The smallest absolute Gasteiger partial charge is 0.251 e. The summed E-state index contributed by atoms with van der Waals surface area (Å²) in [5, 5.41) is 6.00. The van der Waals surface area contributed by atoms with Crippen LogP contribution in [-0.4, -0.2) is 56.6 Å². The Kier molecular flexibility index (Phi) is 8.25. The maximum atomic E-state index is 12.3. The van der Waals surface area contributed by atoms with Crippen molar-refractivity contribution in [3.8, 4) is 0 Å². The van der Waals surface area contributed by atoms with Gasteiger partial charge in [-0.1, -0.05) is 12.8 Å². The van der Waals surface area contributed by atoms with E-state index in [1.807, 2.05) is 17.0 Å². The monoisotopic (exact) mass is 347 g/mol. The molecule has 2 rings (SSSR count). The maximum absolute atomic E-state index is 12.3. The molecule has 0 atom stereocenters. The molecule has 0 unspecified atom stereocenters. The Hall–Kier alpha value is -2.08. The van der Waals surface area contributed by atoms with Crippen molar-refractivity contribution in [2.24, 2.45) is 0 Å². The normalized spacial score (nSPS) is 14.7. The standard InChI is InChI=1S/C19H29N3O3/c1-25-14-6-11-20-19(24)16-7-9-17(10-8-16)21-15-18(23)22-12-4-2-3-5-13-22/h7-10,21H,2-6,11-15H2,1H3,(H,20,24). The molecule has 1 aliphatic heterocycles. The molecule has 2 amide bonds. The van der Waals surface area contributed by atoms with E-state index in [0.29, 0.717) is 25.3 Å². The van der Waals surface area contributed by atoms with Gasteiger partial charge in [0.25, 0.3) is 5.91 Å². The third kappa shape index (κ3) is 6.74. The average molecular weight is 347 g/mol. The van der Waals surface area contributed by atoms with E-state index in [1.54, 1.807) is 19.2 Å². The molecule has 2 N–H and O–H groups in total. The van der Waals surface area contributed by atoms with Crippen LogP contribution < -0.4 is 10.6 Å². The van der Waals surface area contributed by atoms with Crippen LogP contribution in [-0.2, 0) is 9.53 Å². The van der Waals surface area contributed by atoms with E-state index < -0.39 is 0 Å². The van der Waals surface area contributed by atoms with Gasteiger partial charge < -0.3 is 20.3 Å². The molecule has 1 aliphatic rings. The van der Waals surface area contributed by atoms with Gasteiger partial charge in [0, 0.05) is 44.6 Å². The van der Waals surface area contributed by atoms with Crippen molar-refractivity contribution in [3.63, 3.8) is 0 Å². The molecule has 0 saturated carbocycles. The zero-order chi connectivity index (χ0) is 17.9. The highest BCUT2D eigenvalue weighted by Gasteiger charge is 2.15. The van der Waals surface area contributed by atoms with Gasteiger partial charge in [0.1, 0.15) is 0 Å². The number of carbonyl (C=O) groups excluding carboxylic acids is 2. The first kappa shape index (κ1) is 19.2. The Morgan fingerprint density at radius 2 is 1.76 bits per heavy atom. The average Bonchev–Trinajstić information content (AvgIpc) is 2.93. The van der Waals surface area contributed by atoms with Gasteiger partial charge in [0.2, 0.25) is 5.91 Å². The van der Waals surface area contributed by atoms with Crippen LogP contribution in [0.3, 0.4) is 0 Å². The fraction of sp³-hybridized carbons (Fsp3) is 0.579. The highest BCUT2D eigenvalue weighted by atomic mass is 16.5. The highest BCUT2D eigenvalue weighted by Crippen LogP contribution is 2.12. The molecule has 0 spiro atoms. The second-order valence-electron chi connectivity index (χ2n) is 6.33. The van der Waals surface area contributed by atoms with Crippen LogP contribution in [0.15, 0.2) is 24.3 Å². The van der Waals surface area contributed by atoms with E-state index in [-0.39, 0.29) is 11.8 Å². The van der Waals surface area contributed by atoms with E-state index in [1.165, 1.54) is 12.8 Å². The number of nitrogens with zero attached hydrogens (tertiary/aromatic N) is 1. The second-order valence-corrected chi connectivity index (χ2v) is 6.33. The number of methoxy groups -OCH3 is 1. The van der Waals surface area contributed by atoms with Crippen molar-refractivity contribution in [2.45, 2.75) is 32.1 Å². The summed E-state index contributed by atoms with van der Waals surface area (Å²) in [7, 11) is 1.64. The van der Waals surface area contributed by atoms with Crippen LogP contribution in [0, 0.1) is 0 Å². The van der Waals surface area contributed by atoms with Crippen molar-refractivity contribution in [1.82, 2.24) is 10.2 Å². The van der Waals surface area contributed by atoms with Crippen molar-refractivity contribution in [2.75, 3.05) is 45.2 Å². The predicted molar refractivity (Wildman–Crippen MR) is 98.8 cm³/mol. The van der Waals surface area contributed by atoms with Crippen molar-refractivity contribution in [1.29, 1.82) is 0 Å². The quantitative estimate of drug-likeness (QED) is 0.708. The van der Waals surface area contributed by atoms with Crippen molar-refractivity contribution in [3.05, 3.63) is 29.8 Å². The van der Waals surface area contributed by atoms with Gasteiger partial charge in [0.05, 0.1) is 6.54 Å². The molecule has 0 aliphatic carbocycles. The summed E-state index contributed by atoms with van der Waals surface area (Å²) in [6.07, 6.45) is 5.42. The molecule has 1 aromatic rings. The number of likely N-dealkylation sites (tertiary alicyclic amines) is 1. The minimum Gasteiger partial charge on any atom is -0.385 e. The summed E-state index contributed by atoms with van der Waals surface area (Å²) < 4.78 is 4.95. The lowest BCUT2D eigenvalue weighted by molar-refractivity contribution is -0.129. The predicted octanol–water partition coefficient (Wildman–Crippen LogP) is 2.27. The Morgan fingerprint density at radius 3 is 2.40 bits per heavy atom. The van der Waals surface area contributed by atoms with Gasteiger partial charge >= 0.3 is 0 Å². The number of amides is 2. The van der Waals surface area contributed by atoms with Crippen LogP contribution >= 0.6 is 0 Å². The molecule has 6 heteroatoms. The highest BCUT2D eigenvalue weighted by molar-refractivity contribution is 5.94. The number of hydrogen-bond donors (Lipinski definition) is 2. The van der Waals surface area contributed by atoms with E-state index in [2.05, 4.69) is 10.6 Å². The molecule has 0 bridgehead atoms. The number of nitrogens with one attached hydrogen (secondary N) is 2. The number of ether oxygens (including phenoxy) is 1. The lowest BCUT2D eigenvalue weighted by Crippen LogP contribution is -2.36. The molecular formula is C19H29N3O3. The summed E-state index contributed by atoms with van der Waals surface area (Å²) >= 11 is 0. The molecular weight excluding hydrogens is 318 g/mol. The molecule has 1 aromatic carbocycles. The number of anilines is 1. The molecule has 0 radical (unpaired) electrons.